The first kappa shape index (κ1) is 20.3. The van der Waals surface area contributed by atoms with Crippen LogP contribution in [0.5, 0.6) is 0 Å². The molecule has 3 amide bonds. The first-order chi connectivity index (χ1) is 15.0. The largest absolute Gasteiger partial charge is 0.322 e. The van der Waals surface area contributed by atoms with Gasteiger partial charge in [-0.3, -0.25) is 19.3 Å². The lowest BCUT2D eigenvalue weighted by atomic mass is 10.1. The first-order valence-corrected chi connectivity index (χ1v) is 9.91. The van der Waals surface area contributed by atoms with E-state index in [-0.39, 0.29) is 34.2 Å². The predicted molar refractivity (Wildman–Crippen MR) is 116 cm³/mol. The van der Waals surface area contributed by atoms with E-state index in [1.807, 2.05) is 36.4 Å². The van der Waals surface area contributed by atoms with Gasteiger partial charge < -0.3 is 5.32 Å². The fourth-order valence-corrected chi connectivity index (χ4v) is 3.63. The van der Waals surface area contributed by atoms with Crippen LogP contribution >= 0.6 is 11.6 Å². The Bertz CT molecular complexity index is 1250. The van der Waals surface area contributed by atoms with Crippen molar-refractivity contribution in [1.29, 1.82) is 5.26 Å². The number of nitriles is 1. The quantitative estimate of drug-likeness (QED) is 0.612. The Balaban J connectivity index is 1.50. The molecule has 0 radical (unpaired) electrons. The molecular weight excluding hydrogens is 414 g/mol. The van der Waals surface area contributed by atoms with Gasteiger partial charge in [0.1, 0.15) is 6.07 Å². The lowest BCUT2D eigenvalue weighted by Gasteiger charge is -2.13. The van der Waals surface area contributed by atoms with E-state index in [1.54, 1.807) is 6.07 Å². The Hall–Kier alpha value is -3.95. The second-order valence-electron chi connectivity index (χ2n) is 7.02. The summed E-state index contributed by atoms with van der Waals surface area (Å²) in [6, 6.07) is 20.5. The van der Waals surface area contributed by atoms with Crippen molar-refractivity contribution in [2.75, 3.05) is 11.9 Å². The molecule has 0 bridgehead atoms. The average Bonchev–Trinajstić information content (AvgIpc) is 3.02. The van der Waals surface area contributed by atoms with Gasteiger partial charge in [-0.15, -0.1) is 0 Å². The van der Waals surface area contributed by atoms with Crippen LogP contribution in [0.25, 0.3) is 0 Å². The van der Waals surface area contributed by atoms with Crippen molar-refractivity contribution in [3.63, 3.8) is 0 Å². The summed E-state index contributed by atoms with van der Waals surface area (Å²) in [4.78, 5) is 39.3. The average molecular weight is 430 g/mol. The minimum Gasteiger partial charge on any atom is -0.322 e. The standard InChI is InChI=1S/C24H16ClN3O3/c25-21-13-18(8-6-17(21)14-26)27-22(29)16-7-9-19-20(12-16)24(31)28(23(19)30)11-10-15-4-2-1-3-5-15/h1-9,12-13H,10-11H2,(H,27,29). The number of amides is 3. The van der Waals surface area contributed by atoms with Crippen molar-refractivity contribution < 1.29 is 14.4 Å². The summed E-state index contributed by atoms with van der Waals surface area (Å²) in [5, 5.41) is 11.9. The van der Waals surface area contributed by atoms with Crippen molar-refractivity contribution in [3.8, 4) is 6.07 Å². The summed E-state index contributed by atoms with van der Waals surface area (Å²) >= 11 is 6.00. The van der Waals surface area contributed by atoms with Gasteiger partial charge in [-0.2, -0.15) is 5.26 Å². The summed E-state index contributed by atoms with van der Waals surface area (Å²) in [7, 11) is 0. The first-order valence-electron chi connectivity index (χ1n) is 9.53. The molecule has 4 rings (SSSR count). The Morgan fingerprint density at radius 1 is 0.968 bits per heavy atom. The molecule has 3 aromatic rings. The highest BCUT2D eigenvalue weighted by Crippen LogP contribution is 2.25. The topological polar surface area (TPSA) is 90.3 Å². The Morgan fingerprint density at radius 2 is 1.71 bits per heavy atom. The van der Waals surface area contributed by atoms with E-state index in [0.29, 0.717) is 17.7 Å². The van der Waals surface area contributed by atoms with Gasteiger partial charge in [0.15, 0.2) is 0 Å². The number of fused-ring (bicyclic) bond motifs is 1. The fraction of sp³-hybridized carbons (Fsp3) is 0.0833. The summed E-state index contributed by atoms with van der Waals surface area (Å²) < 4.78 is 0. The van der Waals surface area contributed by atoms with Gasteiger partial charge in [-0.05, 0) is 48.4 Å². The predicted octanol–water partition coefficient (Wildman–Crippen LogP) is 4.30. The molecule has 3 aromatic carbocycles. The van der Waals surface area contributed by atoms with Gasteiger partial charge in [-0.25, -0.2) is 0 Å². The van der Waals surface area contributed by atoms with E-state index in [9.17, 15) is 14.4 Å². The third-order valence-corrected chi connectivity index (χ3v) is 5.36. The van der Waals surface area contributed by atoms with Crippen LogP contribution in [0, 0.1) is 11.3 Å². The minimum atomic E-state index is -0.452. The highest BCUT2D eigenvalue weighted by Gasteiger charge is 2.35. The molecule has 0 unspecified atom stereocenters. The molecule has 31 heavy (non-hydrogen) atoms. The maximum Gasteiger partial charge on any atom is 0.261 e. The third kappa shape index (κ3) is 4.04. The molecular formula is C24H16ClN3O3. The highest BCUT2D eigenvalue weighted by molar-refractivity contribution is 6.32. The summed E-state index contributed by atoms with van der Waals surface area (Å²) in [5.41, 5.74) is 2.49. The van der Waals surface area contributed by atoms with E-state index in [1.165, 1.54) is 35.2 Å². The SMILES string of the molecule is N#Cc1ccc(NC(=O)c2ccc3c(c2)C(=O)N(CCc2ccccc2)C3=O)cc1Cl. The number of hydrogen-bond acceptors (Lipinski definition) is 4. The molecule has 6 nitrogen and oxygen atoms in total. The normalized spacial score (nSPS) is 12.5. The van der Waals surface area contributed by atoms with Gasteiger partial charge in [-0.1, -0.05) is 41.9 Å². The third-order valence-electron chi connectivity index (χ3n) is 5.05. The molecule has 7 heteroatoms. The lowest BCUT2D eigenvalue weighted by molar-refractivity contribution is 0.0656. The molecule has 0 atom stereocenters. The monoisotopic (exact) mass is 429 g/mol. The zero-order valence-corrected chi connectivity index (χ0v) is 17.0. The number of imide groups is 1. The number of rotatable bonds is 5. The molecule has 0 saturated heterocycles. The molecule has 1 aliphatic heterocycles. The van der Waals surface area contributed by atoms with Crippen molar-refractivity contribution in [3.05, 3.63) is 99.6 Å². The van der Waals surface area contributed by atoms with E-state index in [2.05, 4.69) is 5.32 Å². The molecule has 0 aliphatic carbocycles. The lowest BCUT2D eigenvalue weighted by Crippen LogP contribution is -2.31. The number of hydrogen-bond donors (Lipinski definition) is 1. The highest BCUT2D eigenvalue weighted by atomic mass is 35.5. The van der Waals surface area contributed by atoms with E-state index >= 15 is 0 Å². The van der Waals surface area contributed by atoms with Gasteiger partial charge in [0.05, 0.1) is 21.7 Å². The second kappa shape index (κ2) is 8.42. The van der Waals surface area contributed by atoms with Gasteiger partial charge in [0, 0.05) is 17.8 Å². The van der Waals surface area contributed by atoms with E-state index < -0.39 is 11.8 Å². The molecule has 0 fully saturated rings. The van der Waals surface area contributed by atoms with Gasteiger partial charge in [0.2, 0.25) is 0 Å². The molecule has 1 N–H and O–H groups in total. The zero-order chi connectivity index (χ0) is 22.0. The van der Waals surface area contributed by atoms with Crippen molar-refractivity contribution in [2.24, 2.45) is 0 Å². The zero-order valence-electron chi connectivity index (χ0n) is 16.3. The summed E-state index contributed by atoms with van der Waals surface area (Å²) in [5.74, 6) is -1.22. The van der Waals surface area contributed by atoms with Crippen molar-refractivity contribution in [2.45, 2.75) is 6.42 Å². The molecule has 0 saturated carbocycles. The maximum atomic E-state index is 12.8. The maximum absolute atomic E-state index is 12.8. The van der Waals surface area contributed by atoms with Crippen LogP contribution in [-0.2, 0) is 6.42 Å². The molecule has 0 spiro atoms. The summed E-state index contributed by atoms with van der Waals surface area (Å²) in [6.07, 6.45) is 0.555. The number of benzene rings is 3. The number of carbonyl (C=O) groups is 3. The van der Waals surface area contributed by atoms with Crippen LogP contribution in [0.1, 0.15) is 42.2 Å². The molecule has 1 aliphatic rings. The fourth-order valence-electron chi connectivity index (χ4n) is 3.41. The minimum absolute atomic E-state index is 0.212. The van der Waals surface area contributed by atoms with Crippen molar-refractivity contribution in [1.82, 2.24) is 4.90 Å². The van der Waals surface area contributed by atoms with Gasteiger partial charge in [0.25, 0.3) is 17.7 Å². The van der Waals surface area contributed by atoms with Crippen LogP contribution in [0.3, 0.4) is 0 Å². The Morgan fingerprint density at radius 3 is 2.42 bits per heavy atom. The Labute approximate surface area is 183 Å². The van der Waals surface area contributed by atoms with Gasteiger partial charge >= 0.3 is 0 Å². The van der Waals surface area contributed by atoms with Crippen molar-refractivity contribution >= 4 is 35.0 Å². The van der Waals surface area contributed by atoms with Crippen LogP contribution in [0.2, 0.25) is 5.02 Å². The number of carbonyl (C=O) groups excluding carboxylic acids is 3. The molecule has 0 aromatic heterocycles. The number of halogens is 1. The molecule has 152 valence electrons. The van der Waals surface area contributed by atoms with E-state index in [4.69, 9.17) is 16.9 Å². The number of anilines is 1. The van der Waals surface area contributed by atoms with Crippen LogP contribution in [0.4, 0.5) is 5.69 Å². The van der Waals surface area contributed by atoms with Crippen LogP contribution in [-0.4, -0.2) is 29.2 Å². The number of nitrogens with one attached hydrogen (secondary N) is 1. The number of nitrogens with zero attached hydrogens (tertiary/aromatic N) is 2. The Kier molecular flexibility index (Phi) is 5.52. The summed E-state index contributed by atoms with van der Waals surface area (Å²) in [6.45, 7) is 0.266. The van der Waals surface area contributed by atoms with E-state index in [0.717, 1.165) is 5.56 Å². The second-order valence-corrected chi connectivity index (χ2v) is 7.43. The van der Waals surface area contributed by atoms with Crippen LogP contribution < -0.4 is 5.32 Å². The van der Waals surface area contributed by atoms with Crippen LogP contribution in [0.15, 0.2) is 66.7 Å². The smallest absolute Gasteiger partial charge is 0.261 e. The molecule has 1 heterocycles.